The highest BCUT2D eigenvalue weighted by Gasteiger charge is 1.98. The maximum Gasteiger partial charge on any atom is 0.243 e. The van der Waals surface area contributed by atoms with Crippen LogP contribution in [0.25, 0.3) is 0 Å². The topological polar surface area (TPSA) is 32.3 Å². The Labute approximate surface area is 168 Å². The van der Waals surface area contributed by atoms with E-state index in [4.69, 9.17) is 0 Å². The molecule has 3 nitrogen and oxygen atoms in total. The molecular formula is C24H42N2O. The summed E-state index contributed by atoms with van der Waals surface area (Å²) in [5.74, 6) is 0.0180. The Balaban J connectivity index is 4.04. The average Bonchev–Trinajstić information content (AvgIpc) is 2.58. The standard InChI is InChI=1S/C24H42N2O/c1-7-8-9-10-13-21(2)14-11-15-22(3)16-12-17-23(4)20-24(27)25-18-19-26(5)6/h8-9,14,16,20H,7,10-13,15,17-19H2,1-6H3,(H,25,27)/b9-8+,21-14+,22-16+,23-20+. The van der Waals surface area contributed by atoms with E-state index in [1.165, 1.54) is 17.6 Å². The molecule has 0 aromatic carbocycles. The number of amides is 1. The summed E-state index contributed by atoms with van der Waals surface area (Å²) in [7, 11) is 4.01. The van der Waals surface area contributed by atoms with Crippen LogP contribution in [0.2, 0.25) is 0 Å². The molecule has 0 bridgehead atoms. The summed E-state index contributed by atoms with van der Waals surface area (Å²) in [6.45, 7) is 10.2. The molecule has 0 radical (unpaired) electrons. The van der Waals surface area contributed by atoms with Crippen molar-refractivity contribution < 1.29 is 4.79 Å². The number of allylic oxidation sites excluding steroid dienone is 7. The van der Waals surface area contributed by atoms with Crippen LogP contribution in [0.5, 0.6) is 0 Å². The molecule has 0 aromatic heterocycles. The van der Waals surface area contributed by atoms with Gasteiger partial charge in [0.2, 0.25) is 5.91 Å². The minimum Gasteiger partial charge on any atom is -0.351 e. The van der Waals surface area contributed by atoms with Crippen LogP contribution in [0.15, 0.2) is 47.1 Å². The second-order valence-electron chi connectivity index (χ2n) is 7.68. The van der Waals surface area contributed by atoms with Crippen LogP contribution < -0.4 is 5.32 Å². The number of rotatable bonds is 14. The van der Waals surface area contributed by atoms with Gasteiger partial charge < -0.3 is 10.2 Å². The van der Waals surface area contributed by atoms with Crippen molar-refractivity contribution in [2.75, 3.05) is 27.2 Å². The van der Waals surface area contributed by atoms with Crippen molar-refractivity contribution in [3.63, 3.8) is 0 Å². The Morgan fingerprint density at radius 3 is 1.96 bits per heavy atom. The van der Waals surface area contributed by atoms with E-state index in [1.807, 2.05) is 21.0 Å². The van der Waals surface area contributed by atoms with Gasteiger partial charge in [-0.25, -0.2) is 0 Å². The predicted octanol–water partition coefficient (Wildman–Crippen LogP) is 5.81. The molecule has 0 unspecified atom stereocenters. The summed E-state index contributed by atoms with van der Waals surface area (Å²) in [5.41, 5.74) is 4.06. The molecule has 154 valence electrons. The maximum absolute atomic E-state index is 11.8. The first kappa shape index (κ1) is 25.4. The van der Waals surface area contributed by atoms with Gasteiger partial charge in [0.25, 0.3) is 0 Å². The Morgan fingerprint density at radius 1 is 0.852 bits per heavy atom. The molecule has 3 heteroatoms. The normalized spacial score (nSPS) is 13.7. The third-order valence-electron chi connectivity index (χ3n) is 4.41. The molecule has 1 amide bonds. The van der Waals surface area contributed by atoms with Crippen LogP contribution in [-0.4, -0.2) is 38.0 Å². The Kier molecular flexibility index (Phi) is 15.6. The van der Waals surface area contributed by atoms with Gasteiger partial charge in [-0.15, -0.1) is 0 Å². The summed E-state index contributed by atoms with van der Waals surface area (Å²) in [6.07, 6.45) is 18.6. The van der Waals surface area contributed by atoms with E-state index in [9.17, 15) is 4.79 Å². The van der Waals surface area contributed by atoms with Gasteiger partial charge in [-0.05, 0) is 79.8 Å². The van der Waals surface area contributed by atoms with Crippen molar-refractivity contribution in [2.45, 2.75) is 72.6 Å². The number of likely N-dealkylation sites (N-methyl/N-ethyl adjacent to an activating group) is 1. The van der Waals surface area contributed by atoms with E-state index in [-0.39, 0.29) is 5.91 Å². The molecule has 0 aromatic rings. The first-order valence-electron chi connectivity index (χ1n) is 10.4. The van der Waals surface area contributed by atoms with E-state index < -0.39 is 0 Å². The van der Waals surface area contributed by atoms with Crippen LogP contribution in [0.4, 0.5) is 0 Å². The molecule has 1 N–H and O–H groups in total. The molecule has 0 spiro atoms. The lowest BCUT2D eigenvalue weighted by molar-refractivity contribution is -0.116. The summed E-state index contributed by atoms with van der Waals surface area (Å²) in [5, 5.41) is 2.92. The number of carbonyl (C=O) groups excluding carboxylic acids is 1. The lowest BCUT2D eigenvalue weighted by atomic mass is 10.0. The fraction of sp³-hybridized carbons (Fsp3) is 0.625. The quantitative estimate of drug-likeness (QED) is 0.307. The molecule has 0 fully saturated rings. The summed E-state index contributed by atoms with van der Waals surface area (Å²) in [4.78, 5) is 13.9. The SMILES string of the molecule is CC/C=C/CC/C(C)=C/CC/C(C)=C/CC/C(C)=C/C(=O)NCCN(C)C. The molecule has 0 atom stereocenters. The van der Waals surface area contributed by atoms with Gasteiger partial charge >= 0.3 is 0 Å². The summed E-state index contributed by atoms with van der Waals surface area (Å²) < 4.78 is 0. The highest BCUT2D eigenvalue weighted by atomic mass is 16.1. The minimum atomic E-state index is 0.0180. The van der Waals surface area contributed by atoms with Crippen molar-refractivity contribution in [3.8, 4) is 0 Å². The van der Waals surface area contributed by atoms with Gasteiger partial charge in [-0.3, -0.25) is 4.79 Å². The van der Waals surface area contributed by atoms with Crippen molar-refractivity contribution >= 4 is 5.91 Å². The van der Waals surface area contributed by atoms with Gasteiger partial charge in [0.1, 0.15) is 0 Å². The van der Waals surface area contributed by atoms with Crippen LogP contribution in [0.1, 0.15) is 72.6 Å². The van der Waals surface area contributed by atoms with Gasteiger partial charge in [-0.2, -0.15) is 0 Å². The van der Waals surface area contributed by atoms with Gasteiger partial charge in [-0.1, -0.05) is 47.9 Å². The van der Waals surface area contributed by atoms with Crippen LogP contribution in [-0.2, 0) is 4.79 Å². The smallest absolute Gasteiger partial charge is 0.243 e. The molecule has 0 saturated heterocycles. The van der Waals surface area contributed by atoms with Gasteiger partial charge in [0, 0.05) is 19.2 Å². The number of nitrogens with one attached hydrogen (secondary N) is 1. The fourth-order valence-corrected chi connectivity index (χ4v) is 2.64. The summed E-state index contributed by atoms with van der Waals surface area (Å²) >= 11 is 0. The Morgan fingerprint density at radius 2 is 1.41 bits per heavy atom. The Bertz CT molecular complexity index is 524. The first-order chi connectivity index (χ1) is 12.8. The van der Waals surface area contributed by atoms with Crippen LogP contribution in [0.3, 0.4) is 0 Å². The molecular weight excluding hydrogens is 332 g/mol. The molecule has 0 aliphatic rings. The minimum absolute atomic E-state index is 0.0180. The van der Waals surface area contributed by atoms with Crippen molar-refractivity contribution in [1.29, 1.82) is 0 Å². The monoisotopic (exact) mass is 374 g/mol. The van der Waals surface area contributed by atoms with Crippen molar-refractivity contribution in [3.05, 3.63) is 47.1 Å². The fourth-order valence-electron chi connectivity index (χ4n) is 2.64. The lowest BCUT2D eigenvalue weighted by Crippen LogP contribution is -2.30. The maximum atomic E-state index is 11.8. The highest BCUT2D eigenvalue weighted by molar-refractivity contribution is 5.88. The number of carbonyl (C=O) groups is 1. The second kappa shape index (κ2) is 16.6. The van der Waals surface area contributed by atoms with Crippen LogP contribution >= 0.6 is 0 Å². The first-order valence-corrected chi connectivity index (χ1v) is 10.4. The zero-order chi connectivity index (χ0) is 20.5. The second-order valence-corrected chi connectivity index (χ2v) is 7.68. The van der Waals surface area contributed by atoms with Crippen LogP contribution in [0, 0.1) is 0 Å². The third kappa shape index (κ3) is 17.6. The zero-order valence-corrected chi connectivity index (χ0v) is 18.6. The molecule has 0 heterocycles. The Hall–Kier alpha value is -1.61. The van der Waals surface area contributed by atoms with Crippen molar-refractivity contribution in [1.82, 2.24) is 10.2 Å². The van der Waals surface area contributed by atoms with E-state index in [1.54, 1.807) is 6.08 Å². The number of nitrogens with zero attached hydrogens (tertiary/aromatic N) is 1. The molecule has 27 heavy (non-hydrogen) atoms. The average molecular weight is 375 g/mol. The lowest BCUT2D eigenvalue weighted by Gasteiger charge is -2.09. The molecule has 0 rings (SSSR count). The zero-order valence-electron chi connectivity index (χ0n) is 18.6. The van der Waals surface area contributed by atoms with E-state index in [0.29, 0.717) is 6.54 Å². The molecule has 0 aliphatic heterocycles. The highest BCUT2D eigenvalue weighted by Crippen LogP contribution is 2.13. The molecule has 0 aliphatic carbocycles. The van der Waals surface area contributed by atoms with Crippen molar-refractivity contribution in [2.24, 2.45) is 0 Å². The largest absolute Gasteiger partial charge is 0.351 e. The predicted molar refractivity (Wildman–Crippen MR) is 120 cm³/mol. The molecule has 0 saturated carbocycles. The number of hydrogen-bond acceptors (Lipinski definition) is 2. The van der Waals surface area contributed by atoms with Gasteiger partial charge in [0.05, 0.1) is 0 Å². The van der Waals surface area contributed by atoms with Gasteiger partial charge in [0.15, 0.2) is 0 Å². The van der Waals surface area contributed by atoms with E-state index in [2.05, 4.69) is 55.3 Å². The third-order valence-corrected chi connectivity index (χ3v) is 4.41. The summed E-state index contributed by atoms with van der Waals surface area (Å²) in [6, 6.07) is 0. The number of hydrogen-bond donors (Lipinski definition) is 1. The van der Waals surface area contributed by atoms with E-state index in [0.717, 1.165) is 50.6 Å². The van der Waals surface area contributed by atoms with E-state index >= 15 is 0 Å².